The van der Waals surface area contributed by atoms with Crippen molar-refractivity contribution in [2.45, 2.75) is 121 Å². The number of carbonyl (C=O) groups is 1. The molecular formula is C29H54NO12P. The van der Waals surface area contributed by atoms with Crippen LogP contribution in [-0.4, -0.2) is 106 Å². The van der Waals surface area contributed by atoms with E-state index in [0.29, 0.717) is 0 Å². The van der Waals surface area contributed by atoms with Crippen molar-refractivity contribution in [1.29, 1.82) is 0 Å². The van der Waals surface area contributed by atoms with Crippen LogP contribution in [0.3, 0.4) is 0 Å². The van der Waals surface area contributed by atoms with E-state index in [9.17, 15) is 39.8 Å². The maximum Gasteiger partial charge on any atom is 0.472 e. The van der Waals surface area contributed by atoms with E-state index in [-0.39, 0.29) is 13.2 Å². The van der Waals surface area contributed by atoms with Crippen molar-refractivity contribution in [3.63, 3.8) is 0 Å². The predicted molar refractivity (Wildman–Crippen MR) is 160 cm³/mol. The van der Waals surface area contributed by atoms with Gasteiger partial charge in [-0.25, -0.2) is 9.36 Å². The summed E-state index contributed by atoms with van der Waals surface area (Å²) in [5.41, 5.74) is 0. The van der Waals surface area contributed by atoms with E-state index < -0.39 is 70.4 Å². The SMILES string of the molecule is CCCCCCCCCCCCCC=CC=CC(=O)OCC(O)COP(=O)(O)OCCNC1OC(CO)C(O)C(O)C1O. The number of carbonyl (C=O) groups excluding carboxylic acids is 1. The number of allylic oxidation sites excluding steroid dienone is 3. The van der Waals surface area contributed by atoms with Gasteiger partial charge in [0.25, 0.3) is 0 Å². The van der Waals surface area contributed by atoms with Crippen molar-refractivity contribution in [3.05, 3.63) is 24.3 Å². The lowest BCUT2D eigenvalue weighted by molar-refractivity contribution is -0.236. The third kappa shape index (κ3) is 19.0. The Hall–Kier alpha value is -1.22. The zero-order valence-electron chi connectivity index (χ0n) is 25.4. The second-order valence-corrected chi connectivity index (χ2v) is 12.2. The topological polar surface area (TPSA) is 204 Å². The minimum absolute atomic E-state index is 0.128. The van der Waals surface area contributed by atoms with Crippen LogP contribution in [0.25, 0.3) is 0 Å². The first-order valence-corrected chi connectivity index (χ1v) is 16.9. The van der Waals surface area contributed by atoms with Crippen molar-refractivity contribution in [3.8, 4) is 0 Å². The van der Waals surface area contributed by atoms with Gasteiger partial charge in [0.15, 0.2) is 0 Å². The summed E-state index contributed by atoms with van der Waals surface area (Å²) in [4.78, 5) is 21.5. The van der Waals surface area contributed by atoms with Crippen molar-refractivity contribution < 1.29 is 58.3 Å². The number of hydrogen-bond acceptors (Lipinski definition) is 12. The standard InChI is InChI=1S/C29H54NO12P/c1-2-3-4-5-6-7-8-9-10-11-12-13-14-15-16-17-25(33)39-21-23(32)22-41-43(37,38)40-19-18-30-29-28(36)27(35)26(34)24(20-31)42-29/h14-17,23-24,26-32,34-36H,2-13,18-22H2,1H3,(H,37,38). The Morgan fingerprint density at radius 2 is 1.53 bits per heavy atom. The Bertz CT molecular complexity index is 827. The minimum atomic E-state index is -4.56. The van der Waals surface area contributed by atoms with Crippen molar-refractivity contribution >= 4 is 13.8 Å². The highest BCUT2D eigenvalue weighted by Crippen LogP contribution is 2.42. The first-order valence-electron chi connectivity index (χ1n) is 15.4. The van der Waals surface area contributed by atoms with E-state index in [1.54, 1.807) is 12.2 Å². The van der Waals surface area contributed by atoms with Crippen molar-refractivity contribution in [2.75, 3.05) is 33.0 Å². The number of phosphoric ester groups is 1. The summed E-state index contributed by atoms with van der Waals surface area (Å²) in [6, 6.07) is 0. The monoisotopic (exact) mass is 639 g/mol. The molecule has 7 atom stereocenters. The van der Waals surface area contributed by atoms with Gasteiger partial charge in [-0.1, -0.05) is 89.4 Å². The van der Waals surface area contributed by atoms with Gasteiger partial charge in [-0.3, -0.25) is 14.4 Å². The van der Waals surface area contributed by atoms with Gasteiger partial charge in [-0.2, -0.15) is 0 Å². The molecule has 1 aliphatic rings. The van der Waals surface area contributed by atoms with Crippen LogP contribution in [0.5, 0.6) is 0 Å². The first-order chi connectivity index (χ1) is 20.6. The second kappa shape index (κ2) is 24.1. The Labute approximate surface area is 255 Å². The van der Waals surface area contributed by atoms with E-state index >= 15 is 0 Å². The number of hydrogen-bond donors (Lipinski definition) is 7. The molecule has 0 aromatic carbocycles. The molecule has 14 heteroatoms. The molecule has 252 valence electrons. The van der Waals surface area contributed by atoms with E-state index in [0.717, 1.165) is 12.8 Å². The smallest absolute Gasteiger partial charge is 0.460 e. The quantitative estimate of drug-likeness (QED) is 0.0252. The normalized spacial score (nSPS) is 24.9. The zero-order valence-corrected chi connectivity index (χ0v) is 26.3. The highest BCUT2D eigenvalue weighted by atomic mass is 31.2. The maximum absolute atomic E-state index is 12.0. The van der Waals surface area contributed by atoms with E-state index in [2.05, 4.69) is 12.2 Å². The average molecular weight is 640 g/mol. The lowest BCUT2D eigenvalue weighted by Crippen LogP contribution is -2.62. The second-order valence-electron chi connectivity index (χ2n) is 10.7. The van der Waals surface area contributed by atoms with Gasteiger partial charge in [-0.15, -0.1) is 0 Å². The number of aliphatic hydroxyl groups is 5. The maximum atomic E-state index is 12.0. The number of phosphoric acid groups is 1. The molecular weight excluding hydrogens is 585 g/mol. The Morgan fingerprint density at radius 1 is 0.907 bits per heavy atom. The molecule has 1 saturated heterocycles. The van der Waals surface area contributed by atoms with Crippen LogP contribution < -0.4 is 5.32 Å². The summed E-state index contributed by atoms with van der Waals surface area (Å²) in [5, 5.41) is 51.2. The molecule has 1 heterocycles. The molecule has 0 saturated carbocycles. The summed E-state index contributed by atoms with van der Waals surface area (Å²) in [6.45, 7) is 0.0399. The molecule has 7 N–H and O–H groups in total. The number of esters is 1. The number of ether oxygens (including phenoxy) is 2. The third-order valence-electron chi connectivity index (χ3n) is 6.90. The summed E-state index contributed by atoms with van der Waals surface area (Å²) in [6.07, 6.45) is 13.4. The molecule has 0 radical (unpaired) electrons. The molecule has 0 bridgehead atoms. The van der Waals surface area contributed by atoms with Gasteiger partial charge in [0.05, 0.1) is 19.8 Å². The number of aliphatic hydroxyl groups excluding tert-OH is 5. The molecule has 0 aromatic rings. The highest BCUT2D eigenvalue weighted by Gasteiger charge is 2.43. The summed E-state index contributed by atoms with van der Waals surface area (Å²) >= 11 is 0. The summed E-state index contributed by atoms with van der Waals surface area (Å²) in [5.74, 6) is -0.680. The van der Waals surface area contributed by atoms with Crippen LogP contribution >= 0.6 is 7.82 Å². The zero-order chi connectivity index (χ0) is 31.9. The van der Waals surface area contributed by atoms with E-state index in [1.165, 1.54) is 70.3 Å². The number of rotatable bonds is 25. The Kier molecular flexibility index (Phi) is 22.3. The number of nitrogens with one attached hydrogen (secondary N) is 1. The lowest BCUT2D eigenvalue weighted by Gasteiger charge is -2.40. The molecule has 1 fully saturated rings. The average Bonchev–Trinajstić information content (AvgIpc) is 2.99. The molecule has 7 unspecified atom stereocenters. The number of unbranched alkanes of at least 4 members (excludes halogenated alkanes) is 11. The van der Waals surface area contributed by atoms with Gasteiger partial charge in [-0.05, 0) is 12.8 Å². The van der Waals surface area contributed by atoms with Gasteiger partial charge in [0.2, 0.25) is 0 Å². The Balaban J connectivity index is 2.08. The molecule has 0 spiro atoms. The first kappa shape index (κ1) is 39.8. The Morgan fingerprint density at radius 3 is 2.16 bits per heavy atom. The molecule has 0 amide bonds. The van der Waals surface area contributed by atoms with Crippen LogP contribution in [0, 0.1) is 0 Å². The van der Waals surface area contributed by atoms with E-state index in [4.69, 9.17) is 18.5 Å². The van der Waals surface area contributed by atoms with Crippen LogP contribution in [0.4, 0.5) is 0 Å². The summed E-state index contributed by atoms with van der Waals surface area (Å²) < 4.78 is 31.6. The highest BCUT2D eigenvalue weighted by molar-refractivity contribution is 7.47. The van der Waals surface area contributed by atoms with Gasteiger partial charge < -0.3 is 39.9 Å². The van der Waals surface area contributed by atoms with Crippen molar-refractivity contribution in [2.24, 2.45) is 0 Å². The van der Waals surface area contributed by atoms with Crippen LogP contribution in [0.2, 0.25) is 0 Å². The van der Waals surface area contributed by atoms with Gasteiger partial charge >= 0.3 is 13.8 Å². The third-order valence-corrected chi connectivity index (χ3v) is 7.88. The summed E-state index contributed by atoms with van der Waals surface area (Å²) in [7, 11) is -4.56. The molecule has 0 aromatic heterocycles. The lowest BCUT2D eigenvalue weighted by atomic mass is 9.98. The molecule has 13 nitrogen and oxygen atoms in total. The molecule has 43 heavy (non-hydrogen) atoms. The fourth-order valence-corrected chi connectivity index (χ4v) is 5.12. The van der Waals surface area contributed by atoms with Gasteiger partial charge in [0, 0.05) is 12.6 Å². The van der Waals surface area contributed by atoms with Crippen LogP contribution in [0.15, 0.2) is 24.3 Å². The van der Waals surface area contributed by atoms with Crippen molar-refractivity contribution in [1.82, 2.24) is 5.32 Å². The predicted octanol–water partition coefficient (Wildman–Crippen LogP) is 2.23. The largest absolute Gasteiger partial charge is 0.472 e. The van der Waals surface area contributed by atoms with E-state index in [1.807, 2.05) is 6.08 Å². The van der Waals surface area contributed by atoms with Crippen LogP contribution in [0.1, 0.15) is 84.0 Å². The minimum Gasteiger partial charge on any atom is -0.460 e. The fourth-order valence-electron chi connectivity index (χ4n) is 4.36. The molecule has 1 rings (SSSR count). The molecule has 1 aliphatic heterocycles. The molecule has 0 aliphatic carbocycles. The van der Waals surface area contributed by atoms with Gasteiger partial charge in [0.1, 0.15) is 43.4 Å². The van der Waals surface area contributed by atoms with Crippen LogP contribution in [-0.2, 0) is 27.9 Å². The fraction of sp³-hybridized carbons (Fsp3) is 0.828.